The van der Waals surface area contributed by atoms with Crippen molar-refractivity contribution in [2.45, 2.75) is 38.0 Å². The Morgan fingerprint density at radius 3 is 2.84 bits per heavy atom. The van der Waals surface area contributed by atoms with Crippen molar-refractivity contribution in [2.24, 2.45) is 5.73 Å². The fourth-order valence-corrected chi connectivity index (χ4v) is 4.15. The summed E-state index contributed by atoms with van der Waals surface area (Å²) in [5.41, 5.74) is 8.93. The number of nitrogens with zero attached hydrogens (tertiary/aromatic N) is 5. The molecule has 0 saturated heterocycles. The van der Waals surface area contributed by atoms with E-state index in [1.165, 1.54) is 16.7 Å². The second-order valence-electron chi connectivity index (χ2n) is 7.54. The number of fused-ring (bicyclic) bond motifs is 4. The summed E-state index contributed by atoms with van der Waals surface area (Å²) in [6.45, 7) is 0.317. The average Bonchev–Trinajstić information content (AvgIpc) is 3.35. The number of rotatable bonds is 4. The molecule has 0 amide bonds. The first-order valence-electron chi connectivity index (χ1n) is 9.73. The normalized spacial score (nSPS) is 18.7. The number of aromatic nitrogens is 4. The number of anilines is 1. The number of nitrogens with two attached hydrogens (primary N) is 1. The SMILES string of the molecule is COc1cccc2c1NC(N)n1nc(CC(N3Cc4cccnc4C3)C(F)(F)F)nc1-2. The lowest BCUT2D eigenvalue weighted by molar-refractivity contribution is -0.185. The molecule has 2 aliphatic heterocycles. The molecule has 5 rings (SSSR count). The second kappa shape index (κ2) is 7.20. The highest BCUT2D eigenvalue weighted by molar-refractivity contribution is 5.80. The Morgan fingerprint density at radius 2 is 2.10 bits per heavy atom. The average molecular weight is 431 g/mol. The van der Waals surface area contributed by atoms with Crippen molar-refractivity contribution in [3.05, 3.63) is 53.6 Å². The molecular formula is C20H20F3N7O. The molecule has 11 heteroatoms. The van der Waals surface area contributed by atoms with Crippen LogP contribution in [0.15, 0.2) is 36.5 Å². The van der Waals surface area contributed by atoms with E-state index in [1.807, 2.05) is 0 Å². The maximum absolute atomic E-state index is 14.0. The third-order valence-corrected chi connectivity index (χ3v) is 5.62. The fraction of sp³-hybridized carbons (Fsp3) is 0.350. The van der Waals surface area contributed by atoms with E-state index in [1.54, 1.807) is 36.5 Å². The number of hydrogen-bond donors (Lipinski definition) is 2. The van der Waals surface area contributed by atoms with Crippen LogP contribution in [0.1, 0.15) is 23.4 Å². The number of methoxy groups -OCH3 is 1. The maximum atomic E-state index is 14.0. The summed E-state index contributed by atoms with van der Waals surface area (Å²) in [5.74, 6) is 1.05. The van der Waals surface area contributed by atoms with Crippen LogP contribution in [0.3, 0.4) is 0 Å². The first-order chi connectivity index (χ1) is 14.8. The molecule has 0 radical (unpaired) electrons. The predicted molar refractivity (Wildman–Crippen MR) is 106 cm³/mol. The first-order valence-corrected chi connectivity index (χ1v) is 9.73. The molecule has 0 saturated carbocycles. The summed E-state index contributed by atoms with van der Waals surface area (Å²) in [7, 11) is 1.53. The van der Waals surface area contributed by atoms with Gasteiger partial charge in [-0.3, -0.25) is 15.6 Å². The van der Waals surface area contributed by atoms with E-state index >= 15 is 0 Å². The minimum absolute atomic E-state index is 0.0779. The Balaban J connectivity index is 1.47. The third kappa shape index (κ3) is 3.39. The summed E-state index contributed by atoms with van der Waals surface area (Å²) in [4.78, 5) is 10.00. The number of nitrogens with one attached hydrogen (secondary N) is 1. The molecule has 162 valence electrons. The van der Waals surface area contributed by atoms with Gasteiger partial charge in [0.1, 0.15) is 11.8 Å². The van der Waals surface area contributed by atoms with Crippen LogP contribution in [-0.4, -0.2) is 44.0 Å². The van der Waals surface area contributed by atoms with Gasteiger partial charge in [-0.25, -0.2) is 9.67 Å². The number of hydrogen-bond acceptors (Lipinski definition) is 7. The Bertz CT molecular complexity index is 1110. The van der Waals surface area contributed by atoms with E-state index < -0.39 is 18.5 Å². The quantitative estimate of drug-likeness (QED) is 0.656. The first kappa shape index (κ1) is 19.8. The van der Waals surface area contributed by atoms with Crippen molar-refractivity contribution >= 4 is 5.69 Å². The molecule has 0 bridgehead atoms. The van der Waals surface area contributed by atoms with Gasteiger partial charge in [0, 0.05) is 31.3 Å². The van der Waals surface area contributed by atoms with Gasteiger partial charge in [0.25, 0.3) is 0 Å². The zero-order valence-electron chi connectivity index (χ0n) is 16.6. The molecule has 3 aromatic rings. The lowest BCUT2D eigenvalue weighted by Crippen LogP contribution is -2.44. The van der Waals surface area contributed by atoms with Crippen LogP contribution < -0.4 is 15.8 Å². The zero-order chi connectivity index (χ0) is 21.8. The van der Waals surface area contributed by atoms with Gasteiger partial charge < -0.3 is 10.1 Å². The predicted octanol–water partition coefficient (Wildman–Crippen LogP) is 2.68. The van der Waals surface area contributed by atoms with E-state index in [0.717, 1.165) is 5.56 Å². The fourth-order valence-electron chi connectivity index (χ4n) is 4.15. The summed E-state index contributed by atoms with van der Waals surface area (Å²) < 4.78 is 48.8. The number of pyridine rings is 1. The van der Waals surface area contributed by atoms with Gasteiger partial charge in [-0.05, 0) is 23.8 Å². The van der Waals surface area contributed by atoms with Crippen LogP contribution in [-0.2, 0) is 19.5 Å². The molecule has 31 heavy (non-hydrogen) atoms. The molecule has 2 atom stereocenters. The molecule has 3 N–H and O–H groups in total. The van der Waals surface area contributed by atoms with Crippen LogP contribution in [0.2, 0.25) is 0 Å². The smallest absolute Gasteiger partial charge is 0.404 e. The summed E-state index contributed by atoms with van der Waals surface area (Å²) in [5, 5.41) is 7.37. The third-order valence-electron chi connectivity index (χ3n) is 5.62. The lowest BCUT2D eigenvalue weighted by atomic mass is 10.1. The van der Waals surface area contributed by atoms with Gasteiger partial charge in [0.15, 0.2) is 17.9 Å². The van der Waals surface area contributed by atoms with E-state index in [-0.39, 0.29) is 25.3 Å². The van der Waals surface area contributed by atoms with E-state index in [4.69, 9.17) is 10.5 Å². The largest absolute Gasteiger partial charge is 0.495 e. The number of benzene rings is 1. The van der Waals surface area contributed by atoms with Gasteiger partial charge in [-0.2, -0.15) is 18.3 Å². The topological polar surface area (TPSA) is 94.1 Å². The molecular weight excluding hydrogens is 411 g/mol. The van der Waals surface area contributed by atoms with Crippen LogP contribution in [0.5, 0.6) is 5.75 Å². The monoisotopic (exact) mass is 431 g/mol. The molecule has 0 spiro atoms. The minimum atomic E-state index is -4.45. The molecule has 4 heterocycles. The molecule has 2 aliphatic rings. The molecule has 2 aromatic heterocycles. The van der Waals surface area contributed by atoms with Crippen molar-refractivity contribution in [1.29, 1.82) is 0 Å². The van der Waals surface area contributed by atoms with Crippen LogP contribution >= 0.6 is 0 Å². The molecule has 0 fully saturated rings. The highest BCUT2D eigenvalue weighted by Crippen LogP contribution is 2.40. The summed E-state index contributed by atoms with van der Waals surface area (Å²) in [6, 6.07) is 7.14. The van der Waals surface area contributed by atoms with Crippen LogP contribution in [0.4, 0.5) is 18.9 Å². The number of ether oxygens (including phenoxy) is 1. The standard InChI is InChI=1S/C20H20F3N7O/c1-31-14-6-2-5-12-17(14)27-19(24)30-18(12)26-16(28-30)8-15(20(21,22)23)29-9-11-4-3-7-25-13(11)10-29/h2-7,15,19,27H,8-10,24H2,1H3. The van der Waals surface area contributed by atoms with Gasteiger partial charge in [0.2, 0.25) is 0 Å². The van der Waals surface area contributed by atoms with Gasteiger partial charge >= 0.3 is 6.18 Å². The van der Waals surface area contributed by atoms with Crippen molar-refractivity contribution in [1.82, 2.24) is 24.6 Å². The molecule has 1 aromatic carbocycles. The van der Waals surface area contributed by atoms with E-state index in [2.05, 4.69) is 20.4 Å². The second-order valence-corrected chi connectivity index (χ2v) is 7.54. The van der Waals surface area contributed by atoms with Gasteiger partial charge in [-0.15, -0.1) is 0 Å². The maximum Gasteiger partial charge on any atom is 0.404 e. The Morgan fingerprint density at radius 1 is 1.26 bits per heavy atom. The Kier molecular flexibility index (Phi) is 4.59. The van der Waals surface area contributed by atoms with Crippen molar-refractivity contribution in [3.63, 3.8) is 0 Å². The van der Waals surface area contributed by atoms with E-state index in [0.29, 0.717) is 28.5 Å². The van der Waals surface area contributed by atoms with Crippen LogP contribution in [0, 0.1) is 0 Å². The molecule has 0 aliphatic carbocycles. The van der Waals surface area contributed by atoms with Gasteiger partial charge in [-0.1, -0.05) is 12.1 Å². The number of halogens is 3. The minimum Gasteiger partial charge on any atom is -0.495 e. The van der Waals surface area contributed by atoms with Crippen molar-refractivity contribution in [3.8, 4) is 17.1 Å². The van der Waals surface area contributed by atoms with E-state index in [9.17, 15) is 13.2 Å². The number of alkyl halides is 3. The number of para-hydroxylation sites is 1. The lowest BCUT2D eigenvalue weighted by Gasteiger charge is -2.28. The molecule has 2 unspecified atom stereocenters. The van der Waals surface area contributed by atoms with Crippen molar-refractivity contribution < 1.29 is 17.9 Å². The molecule has 8 nitrogen and oxygen atoms in total. The summed E-state index contributed by atoms with van der Waals surface area (Å²) in [6.07, 6.45) is -4.01. The summed E-state index contributed by atoms with van der Waals surface area (Å²) >= 11 is 0. The van der Waals surface area contributed by atoms with Crippen molar-refractivity contribution in [2.75, 3.05) is 12.4 Å². The highest BCUT2D eigenvalue weighted by Gasteiger charge is 2.46. The Labute approximate surface area is 175 Å². The van der Waals surface area contributed by atoms with Crippen LogP contribution in [0.25, 0.3) is 11.4 Å². The zero-order valence-corrected chi connectivity index (χ0v) is 16.6. The Hall–Kier alpha value is -3.18. The highest BCUT2D eigenvalue weighted by atomic mass is 19.4. The van der Waals surface area contributed by atoms with Gasteiger partial charge in [0.05, 0.1) is 18.5 Å².